The maximum absolute atomic E-state index is 14.2. The van der Waals surface area contributed by atoms with Gasteiger partial charge in [-0.05, 0) is 208 Å². The molecule has 0 unspecified atom stereocenters. The molecule has 0 aromatic heterocycles. The molecule has 0 aromatic rings. The summed E-state index contributed by atoms with van der Waals surface area (Å²) in [5.41, 5.74) is -0.0631. The number of carboxylic acids is 2. The number of aliphatic hydroxyl groups excluding tert-OH is 1. The lowest BCUT2D eigenvalue weighted by atomic mass is 9.33. The second kappa shape index (κ2) is 15.0. The van der Waals surface area contributed by atoms with Crippen LogP contribution in [0.3, 0.4) is 0 Å². The van der Waals surface area contributed by atoms with Gasteiger partial charge in [0.25, 0.3) is 0 Å². The molecule has 0 heterocycles. The van der Waals surface area contributed by atoms with Crippen LogP contribution in [0.4, 0.5) is 0 Å². The molecule has 68 heavy (non-hydrogen) atoms. The van der Waals surface area contributed by atoms with Crippen molar-refractivity contribution in [3.8, 4) is 0 Å². The van der Waals surface area contributed by atoms with Gasteiger partial charge in [0.15, 0.2) is 11.6 Å². The molecule has 0 bridgehead atoms. The number of hydrogen-bond acceptors (Lipinski definition) is 6. The highest BCUT2D eigenvalue weighted by molar-refractivity contribution is 5.97. The van der Waals surface area contributed by atoms with E-state index in [0.717, 1.165) is 96.3 Å². The lowest BCUT2D eigenvalue weighted by Gasteiger charge is -2.70. The van der Waals surface area contributed by atoms with Gasteiger partial charge in [-0.3, -0.25) is 24.0 Å². The van der Waals surface area contributed by atoms with Gasteiger partial charge in [-0.15, -0.1) is 0 Å². The Morgan fingerprint density at radius 1 is 0.500 bits per heavy atom. The van der Waals surface area contributed by atoms with E-state index in [4.69, 9.17) is 0 Å². The second-order valence-electron chi connectivity index (χ2n) is 29.6. The largest absolute Gasteiger partial charge is 0.481 e. The number of allylic oxidation sites excluding steroid dienone is 4. The van der Waals surface area contributed by atoms with Crippen molar-refractivity contribution in [3.05, 3.63) is 23.3 Å². The molecular formula is C60H90O8. The number of Topliss-reactive ketones (excluding diaryl/α,β-unsaturated/α-hetero) is 1. The molecule has 8 saturated carbocycles. The zero-order valence-electron chi connectivity index (χ0n) is 44.8. The summed E-state index contributed by atoms with van der Waals surface area (Å²) >= 11 is 0. The van der Waals surface area contributed by atoms with Gasteiger partial charge >= 0.3 is 11.9 Å². The van der Waals surface area contributed by atoms with Crippen molar-refractivity contribution in [2.45, 2.75) is 219 Å². The van der Waals surface area contributed by atoms with Crippen molar-refractivity contribution in [1.29, 1.82) is 0 Å². The van der Waals surface area contributed by atoms with E-state index in [1.54, 1.807) is 0 Å². The molecular weight excluding hydrogens is 849 g/mol. The van der Waals surface area contributed by atoms with Crippen molar-refractivity contribution >= 4 is 29.3 Å². The molecule has 0 aliphatic heterocycles. The summed E-state index contributed by atoms with van der Waals surface area (Å²) in [7, 11) is 0. The van der Waals surface area contributed by atoms with Crippen molar-refractivity contribution in [3.63, 3.8) is 0 Å². The number of carbonyl (C=O) groups is 5. The molecule has 8 nitrogen and oxygen atoms in total. The number of carbonyl (C=O) groups excluding carboxylic acids is 3. The minimum absolute atomic E-state index is 0.0296. The number of rotatable bonds is 2. The first kappa shape index (κ1) is 50.3. The predicted octanol–water partition coefficient (Wildman–Crippen LogP) is 13.0. The summed E-state index contributed by atoms with van der Waals surface area (Å²) in [5.74, 6) is 0.282. The maximum atomic E-state index is 14.2. The van der Waals surface area contributed by atoms with Crippen LogP contribution in [-0.4, -0.2) is 50.7 Å². The van der Waals surface area contributed by atoms with Crippen molar-refractivity contribution in [2.75, 3.05) is 0 Å². The number of aliphatic carboxylic acids is 2. The summed E-state index contributed by atoms with van der Waals surface area (Å²) in [6, 6.07) is 0. The summed E-state index contributed by atoms with van der Waals surface area (Å²) in [6.45, 7) is 31.4. The zero-order valence-corrected chi connectivity index (χ0v) is 44.8. The van der Waals surface area contributed by atoms with E-state index in [0.29, 0.717) is 31.0 Å². The Morgan fingerprint density at radius 3 is 1.32 bits per heavy atom. The Balaban J connectivity index is 0.000000170. The number of fused-ring (bicyclic) bond motifs is 14. The van der Waals surface area contributed by atoms with E-state index in [1.165, 1.54) is 11.1 Å². The third kappa shape index (κ3) is 6.33. The van der Waals surface area contributed by atoms with Crippen LogP contribution in [0, 0.1) is 100 Å². The molecule has 8 fully saturated rings. The lowest BCUT2D eigenvalue weighted by molar-refractivity contribution is -0.202. The van der Waals surface area contributed by atoms with Crippen LogP contribution in [0.2, 0.25) is 0 Å². The average Bonchev–Trinajstić information content (AvgIpc) is 3.24. The molecule has 0 amide bonds. The van der Waals surface area contributed by atoms with Crippen LogP contribution in [0.15, 0.2) is 23.3 Å². The van der Waals surface area contributed by atoms with Crippen LogP contribution in [-0.2, 0) is 24.0 Å². The summed E-state index contributed by atoms with van der Waals surface area (Å²) in [5, 5.41) is 31.0. The topological polar surface area (TPSA) is 146 Å². The van der Waals surface area contributed by atoms with Gasteiger partial charge in [0, 0.05) is 23.7 Å². The predicted molar refractivity (Wildman–Crippen MR) is 265 cm³/mol. The maximum Gasteiger partial charge on any atom is 0.309 e. The van der Waals surface area contributed by atoms with Crippen molar-refractivity contribution in [2.24, 2.45) is 100 Å². The molecule has 0 radical (unpaired) electrons. The minimum Gasteiger partial charge on any atom is -0.481 e. The van der Waals surface area contributed by atoms with Crippen LogP contribution >= 0.6 is 0 Å². The highest BCUT2D eigenvalue weighted by Crippen LogP contribution is 2.77. The van der Waals surface area contributed by atoms with Crippen LogP contribution in [0.1, 0.15) is 213 Å². The highest BCUT2D eigenvalue weighted by atomic mass is 16.4. The first-order valence-electron chi connectivity index (χ1n) is 27.3. The lowest BCUT2D eigenvalue weighted by Crippen LogP contribution is -2.66. The van der Waals surface area contributed by atoms with Gasteiger partial charge in [-0.25, -0.2) is 0 Å². The van der Waals surface area contributed by atoms with Gasteiger partial charge in [-0.2, -0.15) is 0 Å². The first-order chi connectivity index (χ1) is 31.1. The standard InChI is InChI=1S/C30H46O4.C30H44O4/c2*1-25(2)21-8-11-30(7)23(28(21,5)10-9-22(25)32)20(31)16-18-19-17-27(4,24(33)34)13-12-26(19,3)14-15-29(18,30)6/h16,19,21-23,32H,8-15,17H2,1-7H3,(H,33,34);16,19,21,23H,8-15,17H2,1-7H3,(H,33,34)/t19-,21-,22-,23+,26+,27-,28-,29+,30+;19-,21-,23+,26+,27-,28-,29+,30+/m00/s1. The number of carboxylic acid groups (broad SMARTS) is 2. The second-order valence-corrected chi connectivity index (χ2v) is 29.6. The molecule has 10 aliphatic rings. The Labute approximate surface area is 409 Å². The Hall–Kier alpha value is -2.61. The Kier molecular flexibility index (Phi) is 11.1. The SMILES string of the molecule is CC1(C)C(=O)CC[C@]2(C)[C@H]3C(=O)C=C4[C@@H]5C[C@@](C)(C(=O)O)CC[C@]5(C)CC[C@@]4(C)[C@]3(C)CC[C@@H]12.CC1(C)[C@@H](O)CC[C@]2(C)[C@H]3C(=O)C=C4[C@@H]5C[C@@](C)(C(=O)O)CC[C@]5(C)CC[C@@]4(C)[C@]3(C)CC[C@@H]12. The summed E-state index contributed by atoms with van der Waals surface area (Å²) in [6.07, 6.45) is 19.7. The van der Waals surface area contributed by atoms with Gasteiger partial charge in [0.05, 0.1) is 16.9 Å². The normalized spacial score (nSPS) is 53.0. The zero-order chi connectivity index (χ0) is 50.2. The monoisotopic (exact) mass is 939 g/mol. The van der Waals surface area contributed by atoms with E-state index in [9.17, 15) is 39.3 Å². The van der Waals surface area contributed by atoms with Crippen molar-refractivity contribution < 1.29 is 39.3 Å². The smallest absolute Gasteiger partial charge is 0.309 e. The van der Waals surface area contributed by atoms with Crippen molar-refractivity contribution in [1.82, 2.24) is 0 Å². The molecule has 3 N–H and O–H groups in total. The van der Waals surface area contributed by atoms with E-state index >= 15 is 0 Å². The highest BCUT2D eigenvalue weighted by Gasteiger charge is 2.72. The van der Waals surface area contributed by atoms with Crippen LogP contribution in [0.5, 0.6) is 0 Å². The van der Waals surface area contributed by atoms with Gasteiger partial charge in [0.2, 0.25) is 0 Å². The number of hydrogen-bond donors (Lipinski definition) is 3. The minimum atomic E-state index is -0.721. The number of ketones is 3. The fraction of sp³-hybridized carbons (Fsp3) is 0.850. The summed E-state index contributed by atoms with van der Waals surface area (Å²) < 4.78 is 0. The van der Waals surface area contributed by atoms with Crippen LogP contribution < -0.4 is 0 Å². The quantitative estimate of drug-likeness (QED) is 0.248. The van der Waals surface area contributed by atoms with E-state index in [1.807, 2.05) is 26.0 Å². The fourth-order valence-corrected chi connectivity index (χ4v) is 20.5. The fourth-order valence-electron chi connectivity index (χ4n) is 20.5. The average molecular weight is 939 g/mol. The molecule has 10 aliphatic carbocycles. The van der Waals surface area contributed by atoms with Gasteiger partial charge in [0.1, 0.15) is 5.78 Å². The van der Waals surface area contributed by atoms with E-state index < -0.39 is 22.8 Å². The molecule has 0 aromatic carbocycles. The van der Waals surface area contributed by atoms with E-state index in [2.05, 4.69) is 83.1 Å². The number of aliphatic hydroxyl groups is 1. The summed E-state index contributed by atoms with van der Waals surface area (Å²) in [4.78, 5) is 65.7. The van der Waals surface area contributed by atoms with Gasteiger partial charge < -0.3 is 15.3 Å². The van der Waals surface area contributed by atoms with Crippen LogP contribution in [0.25, 0.3) is 0 Å². The Morgan fingerprint density at radius 2 is 0.897 bits per heavy atom. The molecule has 378 valence electrons. The molecule has 8 heteroatoms. The van der Waals surface area contributed by atoms with Gasteiger partial charge in [-0.1, -0.05) is 94.2 Å². The van der Waals surface area contributed by atoms with E-state index in [-0.39, 0.29) is 101 Å². The molecule has 0 spiro atoms. The first-order valence-corrected chi connectivity index (χ1v) is 27.3. The molecule has 10 rings (SSSR count). The Bertz CT molecular complexity index is 2290. The molecule has 17 atom stereocenters. The third-order valence-electron chi connectivity index (χ3n) is 25.9. The molecule has 0 saturated heterocycles. The third-order valence-corrected chi connectivity index (χ3v) is 25.9.